The lowest BCUT2D eigenvalue weighted by Gasteiger charge is -2.41. The number of fused-ring (bicyclic) bond motifs is 2. The van der Waals surface area contributed by atoms with Crippen molar-refractivity contribution in [1.29, 1.82) is 0 Å². The Kier molecular flexibility index (Phi) is 6.63. The van der Waals surface area contributed by atoms with Crippen LogP contribution in [0.25, 0.3) is 11.0 Å². The Labute approximate surface area is 216 Å². The smallest absolute Gasteiger partial charge is 0.304 e. The summed E-state index contributed by atoms with van der Waals surface area (Å²) in [5, 5.41) is 17.9. The first kappa shape index (κ1) is 25.2. The SMILES string of the molecule is Cc1ccc(C(CC(=O)O)c2ccc3c(c2)nnn3C)cc1CN1C[C@@H](C)Oc2ncccc2S1(O)O. The summed E-state index contributed by atoms with van der Waals surface area (Å²) in [4.78, 5) is 16.3. The fraction of sp³-hybridized carbons (Fsp3) is 0.308. The normalized spacial score (nSPS) is 19.0. The number of carbonyl (C=O) groups is 1. The van der Waals surface area contributed by atoms with Crippen LogP contribution in [0.5, 0.6) is 5.88 Å². The van der Waals surface area contributed by atoms with Crippen molar-refractivity contribution < 1.29 is 23.7 Å². The van der Waals surface area contributed by atoms with Gasteiger partial charge in [0.15, 0.2) is 0 Å². The van der Waals surface area contributed by atoms with Gasteiger partial charge in [-0.1, -0.05) is 29.5 Å². The lowest BCUT2D eigenvalue weighted by molar-refractivity contribution is -0.137. The monoisotopic (exact) mass is 523 g/mol. The number of benzene rings is 2. The summed E-state index contributed by atoms with van der Waals surface area (Å²) >= 11 is 0. The average Bonchev–Trinajstić information content (AvgIpc) is 3.19. The highest BCUT2D eigenvalue weighted by Gasteiger charge is 2.35. The molecule has 2 atom stereocenters. The largest absolute Gasteiger partial charge is 0.481 e. The minimum absolute atomic E-state index is 0.100. The Bertz CT molecular complexity index is 1470. The molecule has 0 saturated carbocycles. The first-order chi connectivity index (χ1) is 17.6. The van der Waals surface area contributed by atoms with Gasteiger partial charge in [-0.3, -0.25) is 13.9 Å². The first-order valence-electron chi connectivity index (χ1n) is 11.9. The molecular formula is C26H29N5O5S. The van der Waals surface area contributed by atoms with Crippen molar-refractivity contribution in [1.82, 2.24) is 24.3 Å². The number of pyridine rings is 1. The number of aryl methyl sites for hydroxylation is 2. The summed E-state index contributed by atoms with van der Waals surface area (Å²) in [6, 6.07) is 14.8. The Hall–Kier alpha value is -3.51. The highest BCUT2D eigenvalue weighted by molar-refractivity contribution is 8.22. The summed E-state index contributed by atoms with van der Waals surface area (Å²) in [5.74, 6) is -1.10. The highest BCUT2D eigenvalue weighted by atomic mass is 32.3. The molecule has 0 radical (unpaired) electrons. The fourth-order valence-electron chi connectivity index (χ4n) is 4.73. The third kappa shape index (κ3) is 4.90. The van der Waals surface area contributed by atoms with Gasteiger partial charge < -0.3 is 9.84 Å². The number of carboxylic acid groups (broad SMARTS) is 1. The second kappa shape index (κ2) is 9.75. The van der Waals surface area contributed by atoms with Crippen molar-refractivity contribution in [2.75, 3.05) is 6.54 Å². The van der Waals surface area contributed by atoms with Crippen LogP contribution in [0.1, 0.15) is 41.5 Å². The van der Waals surface area contributed by atoms with E-state index in [9.17, 15) is 19.0 Å². The van der Waals surface area contributed by atoms with Crippen molar-refractivity contribution in [2.45, 2.75) is 43.7 Å². The van der Waals surface area contributed by atoms with Crippen molar-refractivity contribution >= 4 is 27.8 Å². The van der Waals surface area contributed by atoms with Crippen LogP contribution >= 0.6 is 10.8 Å². The molecule has 1 unspecified atom stereocenters. The molecule has 2 aromatic heterocycles. The van der Waals surface area contributed by atoms with E-state index >= 15 is 0 Å². The van der Waals surface area contributed by atoms with Crippen LogP contribution in [0.15, 0.2) is 59.6 Å². The van der Waals surface area contributed by atoms with E-state index in [-0.39, 0.29) is 36.4 Å². The van der Waals surface area contributed by atoms with E-state index in [2.05, 4.69) is 15.3 Å². The molecule has 0 amide bonds. The van der Waals surface area contributed by atoms with Crippen LogP contribution in [0.3, 0.4) is 0 Å². The molecular weight excluding hydrogens is 494 g/mol. The molecule has 1 aliphatic heterocycles. The number of aliphatic carboxylic acids is 1. The van der Waals surface area contributed by atoms with Crippen LogP contribution in [0.2, 0.25) is 0 Å². The standard InChI is InChI=1S/C26H29N5O5S/c1-16-6-7-18(21(13-25(32)33)19-8-9-23-22(12-19)28-29-30(23)3)11-20(16)15-31-14-17(2)36-26-24(37(31,34)35)5-4-10-27-26/h4-12,17,21,34-35H,13-15H2,1-3H3,(H,32,33)/t17-,21?/m1/s1. The summed E-state index contributed by atoms with van der Waals surface area (Å²) in [5.41, 5.74) is 5.03. The molecule has 5 rings (SSSR count). The van der Waals surface area contributed by atoms with Gasteiger partial charge in [-0.05, 0) is 60.4 Å². The maximum absolute atomic E-state index is 11.8. The van der Waals surface area contributed by atoms with Gasteiger partial charge in [-0.2, -0.15) is 4.31 Å². The number of nitrogens with zero attached hydrogens (tertiary/aromatic N) is 5. The zero-order valence-corrected chi connectivity index (χ0v) is 21.6. The van der Waals surface area contributed by atoms with E-state index in [1.165, 1.54) is 0 Å². The molecule has 0 saturated heterocycles. The van der Waals surface area contributed by atoms with Crippen molar-refractivity contribution in [3.63, 3.8) is 0 Å². The van der Waals surface area contributed by atoms with Gasteiger partial charge in [0.25, 0.3) is 0 Å². The lowest BCUT2D eigenvalue weighted by atomic mass is 9.86. The van der Waals surface area contributed by atoms with Gasteiger partial charge in [0.1, 0.15) is 16.5 Å². The van der Waals surface area contributed by atoms with Crippen LogP contribution in [0.4, 0.5) is 0 Å². The summed E-state index contributed by atoms with van der Waals surface area (Å²) in [6.45, 7) is 4.34. The zero-order valence-electron chi connectivity index (χ0n) is 20.8. The van der Waals surface area contributed by atoms with Crippen LogP contribution in [-0.2, 0) is 18.4 Å². The zero-order chi connectivity index (χ0) is 26.3. The molecule has 0 fully saturated rings. The second-order valence-corrected chi connectivity index (χ2v) is 11.4. The van der Waals surface area contributed by atoms with E-state index in [4.69, 9.17) is 4.74 Å². The summed E-state index contributed by atoms with van der Waals surface area (Å²) in [6.07, 6.45) is 1.15. The Morgan fingerprint density at radius 1 is 1.19 bits per heavy atom. The molecule has 0 spiro atoms. The lowest BCUT2D eigenvalue weighted by Crippen LogP contribution is -2.33. The van der Waals surface area contributed by atoms with Crippen LogP contribution in [0, 0.1) is 6.92 Å². The number of hydrogen-bond donors (Lipinski definition) is 3. The van der Waals surface area contributed by atoms with Gasteiger partial charge in [-0.25, -0.2) is 9.67 Å². The minimum Gasteiger partial charge on any atom is -0.481 e. The molecule has 2 aromatic carbocycles. The Balaban J connectivity index is 1.52. The molecule has 3 heterocycles. The van der Waals surface area contributed by atoms with Gasteiger partial charge >= 0.3 is 5.97 Å². The number of carboxylic acids is 1. The van der Waals surface area contributed by atoms with Crippen LogP contribution < -0.4 is 4.74 Å². The fourth-order valence-corrected chi connectivity index (χ4v) is 6.34. The molecule has 11 heteroatoms. The third-order valence-corrected chi connectivity index (χ3v) is 8.60. The van der Waals surface area contributed by atoms with E-state index < -0.39 is 22.7 Å². The number of hydrogen-bond acceptors (Lipinski definition) is 8. The topological polar surface area (TPSA) is 134 Å². The number of rotatable bonds is 6. The second-order valence-electron chi connectivity index (χ2n) is 9.37. The van der Waals surface area contributed by atoms with E-state index in [0.717, 1.165) is 27.8 Å². The molecule has 37 heavy (non-hydrogen) atoms. The molecule has 4 aromatic rings. The van der Waals surface area contributed by atoms with Gasteiger partial charge in [0, 0.05) is 25.7 Å². The predicted molar refractivity (Wildman–Crippen MR) is 140 cm³/mol. The van der Waals surface area contributed by atoms with E-state index in [0.29, 0.717) is 5.52 Å². The average molecular weight is 524 g/mol. The Morgan fingerprint density at radius 3 is 2.73 bits per heavy atom. The molecule has 0 aliphatic carbocycles. The molecule has 10 nitrogen and oxygen atoms in total. The maximum Gasteiger partial charge on any atom is 0.304 e. The first-order valence-corrected chi connectivity index (χ1v) is 13.4. The summed E-state index contributed by atoms with van der Waals surface area (Å²) < 4.78 is 31.7. The van der Waals surface area contributed by atoms with Gasteiger partial charge in [0.2, 0.25) is 5.88 Å². The van der Waals surface area contributed by atoms with Gasteiger partial charge in [-0.15, -0.1) is 15.9 Å². The third-order valence-electron chi connectivity index (χ3n) is 6.70. The van der Waals surface area contributed by atoms with Gasteiger partial charge in [0.05, 0.1) is 18.5 Å². The van der Waals surface area contributed by atoms with E-state index in [1.54, 1.807) is 27.3 Å². The summed E-state index contributed by atoms with van der Waals surface area (Å²) in [7, 11) is -1.55. The Morgan fingerprint density at radius 2 is 1.95 bits per heavy atom. The van der Waals surface area contributed by atoms with Crippen molar-refractivity contribution in [2.24, 2.45) is 7.05 Å². The van der Waals surface area contributed by atoms with Crippen molar-refractivity contribution in [3.8, 4) is 5.88 Å². The molecule has 3 N–H and O–H groups in total. The highest BCUT2D eigenvalue weighted by Crippen LogP contribution is 2.56. The van der Waals surface area contributed by atoms with Crippen molar-refractivity contribution in [3.05, 3.63) is 77.0 Å². The minimum atomic E-state index is -3.36. The number of aromatic nitrogens is 4. The van der Waals surface area contributed by atoms with E-state index in [1.807, 2.05) is 57.3 Å². The molecule has 0 bridgehead atoms. The maximum atomic E-state index is 11.8. The van der Waals surface area contributed by atoms with Crippen LogP contribution in [-0.4, -0.2) is 57.1 Å². The predicted octanol–water partition coefficient (Wildman–Crippen LogP) is 4.59. The molecule has 1 aliphatic rings. The number of ether oxygens (including phenoxy) is 1. The molecule has 194 valence electrons. The quantitative estimate of drug-likeness (QED) is 0.332.